The fourth-order valence-electron chi connectivity index (χ4n) is 1.34. The molecule has 0 bridgehead atoms. The Kier molecular flexibility index (Phi) is 4.37. The van der Waals surface area contributed by atoms with Crippen LogP contribution in [0.5, 0.6) is 0 Å². The first-order chi connectivity index (χ1) is 7.54. The van der Waals surface area contributed by atoms with Crippen LogP contribution in [0.1, 0.15) is 23.1 Å². The Labute approximate surface area is 100 Å². The van der Waals surface area contributed by atoms with Crippen LogP contribution in [0.25, 0.3) is 0 Å². The van der Waals surface area contributed by atoms with Crippen LogP contribution in [0.4, 0.5) is 0 Å². The molecular weight excluding hydrogens is 222 g/mol. The standard InChI is InChI=1S/C11H15N3OS/c1-3-14(7-10(12)16)11(15)9-6-4-5-8(2)13-9/h4-6H,3,7H2,1-2H3,(H2,12,16). The average molecular weight is 237 g/mol. The van der Waals surface area contributed by atoms with Crippen molar-refractivity contribution in [3.05, 3.63) is 29.6 Å². The Balaban J connectivity index is 2.86. The Morgan fingerprint density at radius 3 is 2.75 bits per heavy atom. The Morgan fingerprint density at radius 1 is 1.56 bits per heavy atom. The predicted octanol–water partition coefficient (Wildman–Crippen LogP) is 1.14. The molecule has 1 rings (SSSR count). The van der Waals surface area contributed by atoms with E-state index in [-0.39, 0.29) is 5.91 Å². The number of nitrogens with zero attached hydrogens (tertiary/aromatic N) is 2. The summed E-state index contributed by atoms with van der Waals surface area (Å²) < 4.78 is 0. The van der Waals surface area contributed by atoms with Crippen LogP contribution in [0.15, 0.2) is 18.2 Å². The van der Waals surface area contributed by atoms with E-state index in [2.05, 4.69) is 4.98 Å². The molecule has 0 aliphatic carbocycles. The molecule has 0 spiro atoms. The van der Waals surface area contributed by atoms with Crippen molar-refractivity contribution in [3.63, 3.8) is 0 Å². The van der Waals surface area contributed by atoms with Gasteiger partial charge in [-0.15, -0.1) is 0 Å². The summed E-state index contributed by atoms with van der Waals surface area (Å²) in [6.45, 7) is 4.58. The molecular formula is C11H15N3OS. The third-order valence-electron chi connectivity index (χ3n) is 2.12. The van der Waals surface area contributed by atoms with Crippen molar-refractivity contribution in [3.8, 4) is 0 Å². The highest BCUT2D eigenvalue weighted by Gasteiger charge is 2.15. The number of amides is 1. The smallest absolute Gasteiger partial charge is 0.272 e. The molecule has 0 aliphatic heterocycles. The maximum Gasteiger partial charge on any atom is 0.272 e. The van der Waals surface area contributed by atoms with E-state index < -0.39 is 0 Å². The summed E-state index contributed by atoms with van der Waals surface area (Å²) in [5, 5.41) is 0. The predicted molar refractivity (Wildman–Crippen MR) is 67.3 cm³/mol. The molecule has 4 nitrogen and oxygen atoms in total. The summed E-state index contributed by atoms with van der Waals surface area (Å²) >= 11 is 4.80. The average Bonchev–Trinajstić information content (AvgIpc) is 2.24. The highest BCUT2D eigenvalue weighted by molar-refractivity contribution is 7.80. The summed E-state index contributed by atoms with van der Waals surface area (Å²) in [6.07, 6.45) is 0. The van der Waals surface area contributed by atoms with Crippen LogP contribution in [0, 0.1) is 6.92 Å². The first-order valence-electron chi connectivity index (χ1n) is 5.05. The second-order valence-electron chi connectivity index (χ2n) is 3.45. The van der Waals surface area contributed by atoms with Gasteiger partial charge in [0.05, 0.1) is 11.5 Å². The van der Waals surface area contributed by atoms with Gasteiger partial charge in [-0.3, -0.25) is 4.79 Å². The van der Waals surface area contributed by atoms with E-state index in [9.17, 15) is 4.79 Å². The van der Waals surface area contributed by atoms with Crippen LogP contribution in [0.3, 0.4) is 0 Å². The quantitative estimate of drug-likeness (QED) is 0.798. The van der Waals surface area contributed by atoms with Gasteiger partial charge in [-0.05, 0) is 26.0 Å². The minimum Gasteiger partial charge on any atom is -0.392 e. The normalized spacial score (nSPS) is 9.88. The van der Waals surface area contributed by atoms with Gasteiger partial charge in [0.15, 0.2) is 0 Å². The number of nitrogens with two attached hydrogens (primary N) is 1. The van der Waals surface area contributed by atoms with Crippen molar-refractivity contribution >= 4 is 23.1 Å². The number of aromatic nitrogens is 1. The van der Waals surface area contributed by atoms with Gasteiger partial charge in [0, 0.05) is 12.2 Å². The number of carbonyl (C=O) groups excluding carboxylic acids is 1. The largest absolute Gasteiger partial charge is 0.392 e. The molecule has 2 N–H and O–H groups in total. The molecule has 0 fully saturated rings. The number of aryl methyl sites for hydroxylation is 1. The van der Waals surface area contributed by atoms with E-state index in [0.717, 1.165) is 5.69 Å². The summed E-state index contributed by atoms with van der Waals surface area (Å²) in [7, 11) is 0. The molecule has 1 aromatic heterocycles. The molecule has 1 amide bonds. The topological polar surface area (TPSA) is 59.2 Å². The Hall–Kier alpha value is -1.49. The number of hydrogen-bond acceptors (Lipinski definition) is 3. The van der Waals surface area contributed by atoms with Crippen molar-refractivity contribution in [2.75, 3.05) is 13.1 Å². The van der Waals surface area contributed by atoms with Crippen LogP contribution in [-0.4, -0.2) is 33.9 Å². The van der Waals surface area contributed by atoms with Crippen molar-refractivity contribution < 1.29 is 4.79 Å². The molecule has 0 atom stereocenters. The maximum atomic E-state index is 12.0. The fourth-order valence-corrected chi connectivity index (χ4v) is 1.50. The molecule has 0 aliphatic rings. The fraction of sp³-hybridized carbons (Fsp3) is 0.364. The number of likely N-dealkylation sites (N-methyl/N-ethyl adjacent to an activating group) is 1. The van der Waals surface area contributed by atoms with Gasteiger partial charge in [-0.2, -0.15) is 0 Å². The molecule has 0 saturated carbocycles. The number of thiocarbonyl (C=S) groups is 1. The highest BCUT2D eigenvalue weighted by Crippen LogP contribution is 2.03. The summed E-state index contributed by atoms with van der Waals surface area (Å²) in [5.74, 6) is -0.140. The van der Waals surface area contributed by atoms with Gasteiger partial charge in [0.25, 0.3) is 5.91 Å². The van der Waals surface area contributed by atoms with Crippen molar-refractivity contribution in [2.45, 2.75) is 13.8 Å². The van der Waals surface area contributed by atoms with Crippen LogP contribution in [-0.2, 0) is 0 Å². The molecule has 0 aromatic carbocycles. The zero-order valence-corrected chi connectivity index (χ0v) is 10.3. The van der Waals surface area contributed by atoms with E-state index in [4.69, 9.17) is 18.0 Å². The number of rotatable bonds is 4. The van der Waals surface area contributed by atoms with E-state index in [0.29, 0.717) is 23.8 Å². The molecule has 86 valence electrons. The lowest BCUT2D eigenvalue weighted by Crippen LogP contribution is -2.37. The highest BCUT2D eigenvalue weighted by atomic mass is 32.1. The van der Waals surface area contributed by atoms with Crippen molar-refractivity contribution in [1.29, 1.82) is 0 Å². The Morgan fingerprint density at radius 2 is 2.25 bits per heavy atom. The van der Waals surface area contributed by atoms with E-state index in [1.807, 2.05) is 26.0 Å². The van der Waals surface area contributed by atoms with Gasteiger partial charge < -0.3 is 10.6 Å². The van der Waals surface area contributed by atoms with Gasteiger partial charge in [-0.1, -0.05) is 18.3 Å². The Bertz CT molecular complexity index is 406. The van der Waals surface area contributed by atoms with E-state index >= 15 is 0 Å². The summed E-state index contributed by atoms with van der Waals surface area (Å²) in [4.78, 5) is 18.1. The van der Waals surface area contributed by atoms with Gasteiger partial charge in [0.1, 0.15) is 5.69 Å². The third-order valence-corrected chi connectivity index (χ3v) is 2.25. The number of carbonyl (C=O) groups is 1. The van der Waals surface area contributed by atoms with Crippen molar-refractivity contribution in [2.24, 2.45) is 5.73 Å². The van der Waals surface area contributed by atoms with Gasteiger partial charge >= 0.3 is 0 Å². The molecule has 1 heterocycles. The molecule has 0 radical (unpaired) electrons. The summed E-state index contributed by atoms with van der Waals surface area (Å²) in [5.41, 5.74) is 6.68. The molecule has 0 unspecified atom stereocenters. The lowest BCUT2D eigenvalue weighted by Gasteiger charge is -2.19. The van der Waals surface area contributed by atoms with Crippen molar-refractivity contribution in [1.82, 2.24) is 9.88 Å². The lowest BCUT2D eigenvalue weighted by atomic mass is 10.3. The minimum atomic E-state index is -0.140. The number of hydrogen-bond donors (Lipinski definition) is 1. The lowest BCUT2D eigenvalue weighted by molar-refractivity contribution is 0.0782. The second-order valence-corrected chi connectivity index (χ2v) is 3.97. The van der Waals surface area contributed by atoms with Crippen LogP contribution >= 0.6 is 12.2 Å². The van der Waals surface area contributed by atoms with E-state index in [1.165, 1.54) is 0 Å². The molecule has 5 heteroatoms. The molecule has 1 aromatic rings. The third kappa shape index (κ3) is 3.27. The molecule has 16 heavy (non-hydrogen) atoms. The van der Waals surface area contributed by atoms with Gasteiger partial charge in [0.2, 0.25) is 0 Å². The van der Waals surface area contributed by atoms with Crippen LogP contribution in [0.2, 0.25) is 0 Å². The first kappa shape index (κ1) is 12.6. The summed E-state index contributed by atoms with van der Waals surface area (Å²) in [6, 6.07) is 5.35. The maximum absolute atomic E-state index is 12.0. The van der Waals surface area contributed by atoms with Crippen LogP contribution < -0.4 is 5.73 Å². The zero-order valence-electron chi connectivity index (χ0n) is 9.43. The first-order valence-corrected chi connectivity index (χ1v) is 5.46. The second kappa shape index (κ2) is 5.55. The monoisotopic (exact) mass is 237 g/mol. The minimum absolute atomic E-state index is 0.140. The van der Waals surface area contributed by atoms with E-state index in [1.54, 1.807) is 11.0 Å². The molecule has 0 saturated heterocycles. The zero-order chi connectivity index (χ0) is 12.1. The number of pyridine rings is 1. The van der Waals surface area contributed by atoms with Gasteiger partial charge in [-0.25, -0.2) is 4.98 Å². The SMILES string of the molecule is CCN(CC(N)=S)C(=O)c1cccc(C)n1.